The van der Waals surface area contributed by atoms with Crippen molar-refractivity contribution < 1.29 is 23.5 Å². The summed E-state index contributed by atoms with van der Waals surface area (Å²) < 4.78 is 26.1. The van der Waals surface area contributed by atoms with Gasteiger partial charge in [0.05, 0.1) is 29.0 Å². The number of hydrogen-bond donors (Lipinski definition) is 1. The van der Waals surface area contributed by atoms with Gasteiger partial charge in [-0.15, -0.1) is 0 Å². The van der Waals surface area contributed by atoms with Crippen molar-refractivity contribution in [3.8, 4) is 0 Å². The van der Waals surface area contributed by atoms with Crippen LogP contribution in [0.4, 0.5) is 10.1 Å². The van der Waals surface area contributed by atoms with Crippen LogP contribution in [0.2, 0.25) is 0 Å². The molecule has 3 aromatic rings. The van der Waals surface area contributed by atoms with E-state index in [4.69, 9.17) is 9.47 Å². The van der Waals surface area contributed by atoms with E-state index in [1.165, 1.54) is 19.2 Å². The zero-order valence-electron chi connectivity index (χ0n) is 20.4. The molecule has 1 unspecified atom stereocenters. The van der Waals surface area contributed by atoms with Crippen LogP contribution in [-0.2, 0) is 20.8 Å². The van der Waals surface area contributed by atoms with Crippen LogP contribution in [0, 0.1) is 11.7 Å². The summed E-state index contributed by atoms with van der Waals surface area (Å²) in [7, 11) is 1.45. The van der Waals surface area contributed by atoms with Crippen LogP contribution < -0.4 is 5.32 Å². The van der Waals surface area contributed by atoms with Gasteiger partial charge in [-0.1, -0.05) is 12.1 Å². The molecule has 1 aliphatic carbocycles. The summed E-state index contributed by atoms with van der Waals surface area (Å²) in [6.07, 6.45) is 5.92. The summed E-state index contributed by atoms with van der Waals surface area (Å²) in [6.45, 7) is 2.30. The lowest BCUT2D eigenvalue weighted by molar-refractivity contribution is -0.119. The Balaban J connectivity index is 1.52. The Morgan fingerprint density at radius 3 is 2.69 bits per heavy atom. The van der Waals surface area contributed by atoms with Crippen molar-refractivity contribution in [2.24, 2.45) is 5.92 Å². The van der Waals surface area contributed by atoms with E-state index < -0.39 is 0 Å². The molecule has 2 aliphatic rings. The molecular formula is C27H31FN4O4. The number of methoxy groups -OCH3 is 1. The zero-order valence-corrected chi connectivity index (χ0v) is 20.4. The number of nitrogens with zero attached hydrogens (tertiary/aromatic N) is 3. The highest BCUT2D eigenvalue weighted by Gasteiger charge is 2.31. The summed E-state index contributed by atoms with van der Waals surface area (Å²) in [6, 6.07) is 9.76. The van der Waals surface area contributed by atoms with E-state index in [1.807, 2.05) is 9.47 Å². The molecule has 2 heterocycles. The Morgan fingerprint density at radius 2 is 2.00 bits per heavy atom. The number of imidazole rings is 1. The smallest absolute Gasteiger partial charge is 0.256 e. The molecule has 1 aromatic heterocycles. The molecule has 9 heteroatoms. The number of carbonyl (C=O) groups excluding carboxylic acids is 2. The molecule has 0 radical (unpaired) electrons. The molecular weight excluding hydrogens is 463 g/mol. The van der Waals surface area contributed by atoms with Gasteiger partial charge in [0.15, 0.2) is 0 Å². The van der Waals surface area contributed by atoms with Gasteiger partial charge in [-0.05, 0) is 61.4 Å². The normalized spacial score (nSPS) is 17.4. The van der Waals surface area contributed by atoms with E-state index in [0.717, 1.165) is 37.9 Å². The van der Waals surface area contributed by atoms with Crippen LogP contribution in [0.1, 0.15) is 41.6 Å². The highest BCUT2D eigenvalue weighted by Crippen LogP contribution is 2.32. The maximum absolute atomic E-state index is 14.1. The predicted molar refractivity (Wildman–Crippen MR) is 133 cm³/mol. The van der Waals surface area contributed by atoms with E-state index in [-0.39, 0.29) is 30.3 Å². The number of amides is 2. The summed E-state index contributed by atoms with van der Waals surface area (Å²) in [5.74, 6) is -0.202. The molecule has 1 atom stereocenters. The first-order chi connectivity index (χ1) is 17.5. The first-order valence-electron chi connectivity index (χ1n) is 12.4. The number of rotatable bonds is 10. The van der Waals surface area contributed by atoms with E-state index in [0.29, 0.717) is 47.8 Å². The molecule has 2 fully saturated rings. The van der Waals surface area contributed by atoms with Crippen molar-refractivity contribution in [3.63, 3.8) is 0 Å². The Kier molecular flexibility index (Phi) is 7.29. The van der Waals surface area contributed by atoms with E-state index >= 15 is 0 Å². The first kappa shape index (κ1) is 24.4. The second kappa shape index (κ2) is 10.8. The van der Waals surface area contributed by atoms with Crippen molar-refractivity contribution in [1.82, 2.24) is 14.5 Å². The van der Waals surface area contributed by atoms with E-state index in [9.17, 15) is 14.0 Å². The van der Waals surface area contributed by atoms with Gasteiger partial charge in [0, 0.05) is 39.0 Å². The van der Waals surface area contributed by atoms with Crippen molar-refractivity contribution in [1.29, 1.82) is 0 Å². The molecule has 0 bridgehead atoms. The number of nitrogens with one attached hydrogen (secondary N) is 1. The molecule has 2 amide bonds. The Labute approximate surface area is 209 Å². The molecule has 2 aromatic carbocycles. The van der Waals surface area contributed by atoms with Crippen LogP contribution in [0.25, 0.3) is 11.0 Å². The van der Waals surface area contributed by atoms with Crippen LogP contribution >= 0.6 is 0 Å². The topological polar surface area (TPSA) is 85.7 Å². The van der Waals surface area contributed by atoms with Crippen molar-refractivity contribution >= 4 is 28.5 Å². The van der Waals surface area contributed by atoms with Gasteiger partial charge >= 0.3 is 0 Å². The van der Waals surface area contributed by atoms with Crippen molar-refractivity contribution in [2.75, 3.05) is 38.7 Å². The Hall–Kier alpha value is -3.30. The molecule has 1 N–H and O–H groups in total. The number of halogens is 1. The first-order valence-corrected chi connectivity index (χ1v) is 12.4. The minimum Gasteiger partial charge on any atom is -0.376 e. The fourth-order valence-electron chi connectivity index (χ4n) is 4.74. The van der Waals surface area contributed by atoms with Gasteiger partial charge in [0.2, 0.25) is 5.91 Å². The molecule has 1 saturated heterocycles. The SMILES string of the molecule is COCC(=O)Nc1cc(C(=O)N(CC2CC2)CC2CCCO2)c2c(c1)ncn2Cc1ccc(F)cc1. The minimum absolute atomic E-state index is 0.0388. The second-order valence-electron chi connectivity index (χ2n) is 9.66. The van der Waals surface area contributed by atoms with Gasteiger partial charge in [-0.25, -0.2) is 9.37 Å². The zero-order chi connectivity index (χ0) is 25.1. The summed E-state index contributed by atoms with van der Waals surface area (Å²) in [5.41, 5.74) is 3.13. The second-order valence-corrected chi connectivity index (χ2v) is 9.66. The van der Waals surface area contributed by atoms with Crippen LogP contribution in [0.5, 0.6) is 0 Å². The molecule has 8 nitrogen and oxygen atoms in total. The number of benzene rings is 2. The third-order valence-corrected chi connectivity index (χ3v) is 6.68. The average Bonchev–Trinajstić information content (AvgIpc) is 3.36. The lowest BCUT2D eigenvalue weighted by Gasteiger charge is -2.26. The maximum atomic E-state index is 14.1. The van der Waals surface area contributed by atoms with Gasteiger partial charge in [-0.2, -0.15) is 0 Å². The summed E-state index contributed by atoms with van der Waals surface area (Å²) in [4.78, 5) is 32.7. The molecule has 5 rings (SSSR count). The highest BCUT2D eigenvalue weighted by molar-refractivity contribution is 6.07. The number of aromatic nitrogens is 2. The Bertz CT molecular complexity index is 1230. The molecule has 1 aliphatic heterocycles. The summed E-state index contributed by atoms with van der Waals surface area (Å²) >= 11 is 0. The summed E-state index contributed by atoms with van der Waals surface area (Å²) in [5, 5.41) is 2.81. The number of anilines is 1. The molecule has 1 saturated carbocycles. The lowest BCUT2D eigenvalue weighted by Crippen LogP contribution is -2.39. The lowest BCUT2D eigenvalue weighted by atomic mass is 10.1. The molecule has 190 valence electrons. The van der Waals surface area contributed by atoms with Crippen LogP contribution in [-0.4, -0.2) is 65.8 Å². The average molecular weight is 495 g/mol. The number of ether oxygens (including phenoxy) is 2. The van der Waals surface area contributed by atoms with Crippen LogP contribution in [0.15, 0.2) is 42.7 Å². The van der Waals surface area contributed by atoms with Gasteiger partial charge in [0.25, 0.3) is 5.91 Å². The fraction of sp³-hybridized carbons (Fsp3) is 0.444. The molecule has 0 spiro atoms. The third kappa shape index (κ3) is 5.74. The third-order valence-electron chi connectivity index (χ3n) is 6.68. The number of carbonyl (C=O) groups is 2. The van der Waals surface area contributed by atoms with Gasteiger partial charge in [-0.3, -0.25) is 9.59 Å². The monoisotopic (exact) mass is 494 g/mol. The molecule has 36 heavy (non-hydrogen) atoms. The van der Waals surface area contributed by atoms with Gasteiger partial charge in [0.1, 0.15) is 12.4 Å². The van der Waals surface area contributed by atoms with Gasteiger partial charge < -0.3 is 24.3 Å². The number of hydrogen-bond acceptors (Lipinski definition) is 5. The van der Waals surface area contributed by atoms with Crippen molar-refractivity contribution in [2.45, 2.75) is 38.3 Å². The quantitative estimate of drug-likeness (QED) is 0.463. The number of fused-ring (bicyclic) bond motifs is 1. The maximum Gasteiger partial charge on any atom is 0.256 e. The minimum atomic E-state index is -0.310. The van der Waals surface area contributed by atoms with E-state index in [1.54, 1.807) is 30.6 Å². The standard InChI is InChI=1S/C27H31FN4O4/c1-35-16-25(33)30-21-11-23(27(34)31(13-18-4-5-18)15-22-3-2-10-36-22)26-24(12-21)29-17-32(26)14-19-6-8-20(28)9-7-19/h6-9,11-12,17-18,22H,2-5,10,13-16H2,1H3,(H,30,33). The largest absolute Gasteiger partial charge is 0.376 e. The Morgan fingerprint density at radius 1 is 1.19 bits per heavy atom. The fourth-order valence-corrected chi connectivity index (χ4v) is 4.74. The van der Waals surface area contributed by atoms with E-state index in [2.05, 4.69) is 10.3 Å². The highest BCUT2D eigenvalue weighted by atomic mass is 19.1. The van der Waals surface area contributed by atoms with Crippen LogP contribution in [0.3, 0.4) is 0 Å². The predicted octanol–water partition coefficient (Wildman–Crippen LogP) is 3.84. The van der Waals surface area contributed by atoms with Crippen molar-refractivity contribution in [3.05, 3.63) is 59.7 Å².